The van der Waals surface area contributed by atoms with E-state index in [1.165, 1.54) is 5.69 Å². The molecule has 1 unspecified atom stereocenters. The number of furan rings is 1. The SMILES string of the molecule is Cc1ccc(CN2Cc3ccnn3C(CCOCc3cccnc3)C2)o1. The van der Waals surface area contributed by atoms with Crippen molar-refractivity contribution in [1.29, 1.82) is 0 Å². The van der Waals surface area contributed by atoms with Gasteiger partial charge in [0.1, 0.15) is 11.5 Å². The van der Waals surface area contributed by atoms with Gasteiger partial charge in [0.15, 0.2) is 0 Å². The van der Waals surface area contributed by atoms with Gasteiger partial charge in [-0.05, 0) is 43.2 Å². The molecular formula is C20H24N4O2. The van der Waals surface area contributed by atoms with Gasteiger partial charge in [-0.15, -0.1) is 0 Å². The van der Waals surface area contributed by atoms with Crippen molar-refractivity contribution in [2.24, 2.45) is 0 Å². The van der Waals surface area contributed by atoms with Crippen molar-refractivity contribution in [3.63, 3.8) is 0 Å². The first-order valence-electron chi connectivity index (χ1n) is 9.04. The van der Waals surface area contributed by atoms with E-state index in [1.54, 1.807) is 6.20 Å². The zero-order valence-corrected chi connectivity index (χ0v) is 15.0. The summed E-state index contributed by atoms with van der Waals surface area (Å²) in [6.45, 7) is 5.95. The van der Waals surface area contributed by atoms with Crippen LogP contribution in [0.15, 0.2) is 53.3 Å². The molecular weight excluding hydrogens is 328 g/mol. The van der Waals surface area contributed by atoms with Crippen molar-refractivity contribution in [2.75, 3.05) is 13.2 Å². The molecule has 6 nitrogen and oxygen atoms in total. The van der Waals surface area contributed by atoms with Gasteiger partial charge in [0.25, 0.3) is 0 Å². The number of hydrogen-bond acceptors (Lipinski definition) is 5. The minimum atomic E-state index is 0.318. The molecule has 4 heterocycles. The number of nitrogens with zero attached hydrogens (tertiary/aromatic N) is 4. The number of aryl methyl sites for hydroxylation is 1. The van der Waals surface area contributed by atoms with Crippen molar-refractivity contribution in [3.05, 3.63) is 71.7 Å². The van der Waals surface area contributed by atoms with Gasteiger partial charge in [-0.1, -0.05) is 6.07 Å². The maximum atomic E-state index is 5.85. The van der Waals surface area contributed by atoms with Crippen LogP contribution in [0.5, 0.6) is 0 Å². The predicted octanol–water partition coefficient (Wildman–Crippen LogP) is 3.34. The normalized spacial score (nSPS) is 17.3. The summed E-state index contributed by atoms with van der Waals surface area (Å²) < 4.78 is 13.7. The largest absolute Gasteiger partial charge is 0.465 e. The van der Waals surface area contributed by atoms with Crippen LogP contribution in [0.1, 0.15) is 35.2 Å². The third kappa shape index (κ3) is 4.03. The number of hydrogen-bond donors (Lipinski definition) is 0. The van der Waals surface area contributed by atoms with Gasteiger partial charge in [-0.25, -0.2) is 0 Å². The van der Waals surface area contributed by atoms with E-state index < -0.39 is 0 Å². The van der Waals surface area contributed by atoms with Crippen LogP contribution < -0.4 is 0 Å². The molecule has 0 aromatic carbocycles. The Kier molecular flexibility index (Phi) is 5.13. The molecule has 1 aliphatic rings. The summed E-state index contributed by atoms with van der Waals surface area (Å²) in [4.78, 5) is 6.54. The highest BCUT2D eigenvalue weighted by Gasteiger charge is 2.25. The van der Waals surface area contributed by atoms with Gasteiger partial charge in [0.2, 0.25) is 0 Å². The van der Waals surface area contributed by atoms with Crippen molar-refractivity contribution in [3.8, 4) is 0 Å². The Hall–Kier alpha value is -2.44. The van der Waals surface area contributed by atoms with Crippen LogP contribution in [-0.4, -0.2) is 32.8 Å². The Bertz CT molecular complexity index is 827. The van der Waals surface area contributed by atoms with Gasteiger partial charge in [0.05, 0.1) is 24.9 Å². The molecule has 0 bridgehead atoms. The van der Waals surface area contributed by atoms with Gasteiger partial charge in [-0.2, -0.15) is 5.10 Å². The number of pyridine rings is 1. The topological polar surface area (TPSA) is 56.3 Å². The standard InChI is InChI=1S/C20H24N4O2/c1-16-4-5-20(26-16)14-23-12-18-6-9-22-24(18)19(13-23)7-10-25-15-17-3-2-8-21-11-17/h2-6,8-9,11,19H,7,10,12-15H2,1H3. The highest BCUT2D eigenvalue weighted by molar-refractivity contribution is 5.09. The molecule has 0 saturated carbocycles. The smallest absolute Gasteiger partial charge is 0.118 e. The lowest BCUT2D eigenvalue weighted by atomic mass is 10.1. The zero-order valence-electron chi connectivity index (χ0n) is 15.0. The van der Waals surface area contributed by atoms with Crippen molar-refractivity contribution in [2.45, 2.75) is 39.1 Å². The van der Waals surface area contributed by atoms with Crippen LogP contribution in [0.4, 0.5) is 0 Å². The average Bonchev–Trinajstić information content (AvgIpc) is 3.28. The van der Waals surface area contributed by atoms with Crippen molar-refractivity contribution in [1.82, 2.24) is 19.7 Å². The fourth-order valence-electron chi connectivity index (χ4n) is 3.48. The lowest BCUT2D eigenvalue weighted by Gasteiger charge is -2.33. The van der Waals surface area contributed by atoms with E-state index in [0.717, 1.165) is 43.1 Å². The van der Waals surface area contributed by atoms with Gasteiger partial charge < -0.3 is 9.15 Å². The molecule has 0 amide bonds. The number of aromatic nitrogens is 3. The summed E-state index contributed by atoms with van der Waals surface area (Å²) in [5.74, 6) is 1.98. The highest BCUT2D eigenvalue weighted by atomic mass is 16.5. The van der Waals surface area contributed by atoms with E-state index in [0.29, 0.717) is 19.3 Å². The molecule has 0 aliphatic carbocycles. The molecule has 1 atom stereocenters. The van der Waals surface area contributed by atoms with Crippen LogP contribution in [-0.2, 0) is 24.4 Å². The quantitative estimate of drug-likeness (QED) is 0.611. The van der Waals surface area contributed by atoms with Gasteiger partial charge in [0, 0.05) is 38.3 Å². The second-order valence-electron chi connectivity index (χ2n) is 6.81. The Morgan fingerprint density at radius 1 is 1.23 bits per heavy atom. The molecule has 4 rings (SSSR count). The molecule has 3 aromatic heterocycles. The Morgan fingerprint density at radius 3 is 3.00 bits per heavy atom. The number of ether oxygens (including phenoxy) is 1. The lowest BCUT2D eigenvalue weighted by molar-refractivity contribution is 0.0854. The van der Waals surface area contributed by atoms with Crippen LogP contribution in [0.3, 0.4) is 0 Å². The maximum Gasteiger partial charge on any atom is 0.118 e. The second-order valence-corrected chi connectivity index (χ2v) is 6.81. The predicted molar refractivity (Wildman–Crippen MR) is 97.3 cm³/mol. The van der Waals surface area contributed by atoms with Crippen LogP contribution in [0.2, 0.25) is 0 Å². The summed E-state index contributed by atoms with van der Waals surface area (Å²) in [6, 6.07) is 10.5. The van der Waals surface area contributed by atoms with E-state index in [4.69, 9.17) is 9.15 Å². The molecule has 6 heteroatoms. The van der Waals surface area contributed by atoms with Crippen molar-refractivity contribution >= 4 is 0 Å². The third-order valence-electron chi connectivity index (χ3n) is 4.72. The first-order chi connectivity index (χ1) is 12.8. The van der Waals surface area contributed by atoms with E-state index in [1.807, 2.05) is 37.5 Å². The van der Waals surface area contributed by atoms with Gasteiger partial charge >= 0.3 is 0 Å². The Labute approximate surface area is 153 Å². The minimum Gasteiger partial charge on any atom is -0.465 e. The molecule has 136 valence electrons. The zero-order chi connectivity index (χ0) is 17.8. The molecule has 0 spiro atoms. The average molecular weight is 352 g/mol. The lowest BCUT2D eigenvalue weighted by Crippen LogP contribution is -2.37. The molecule has 0 saturated heterocycles. The summed E-state index contributed by atoms with van der Waals surface area (Å²) in [7, 11) is 0. The monoisotopic (exact) mass is 352 g/mol. The van der Waals surface area contributed by atoms with Crippen LogP contribution in [0, 0.1) is 6.92 Å². The van der Waals surface area contributed by atoms with E-state index in [-0.39, 0.29) is 0 Å². The summed E-state index contributed by atoms with van der Waals surface area (Å²) in [5.41, 5.74) is 2.35. The first kappa shape index (κ1) is 17.0. The summed E-state index contributed by atoms with van der Waals surface area (Å²) >= 11 is 0. The Morgan fingerprint density at radius 2 is 2.19 bits per heavy atom. The highest BCUT2D eigenvalue weighted by Crippen LogP contribution is 2.25. The third-order valence-corrected chi connectivity index (χ3v) is 4.72. The van der Waals surface area contributed by atoms with E-state index in [2.05, 4.69) is 31.8 Å². The summed E-state index contributed by atoms with van der Waals surface area (Å²) in [5, 5.41) is 4.52. The van der Waals surface area contributed by atoms with Crippen LogP contribution >= 0.6 is 0 Å². The van der Waals surface area contributed by atoms with Gasteiger partial charge in [-0.3, -0.25) is 14.6 Å². The second kappa shape index (κ2) is 7.85. The van der Waals surface area contributed by atoms with E-state index in [9.17, 15) is 0 Å². The number of fused-ring (bicyclic) bond motifs is 1. The molecule has 26 heavy (non-hydrogen) atoms. The fraction of sp³-hybridized carbons (Fsp3) is 0.400. The maximum absolute atomic E-state index is 5.85. The first-order valence-corrected chi connectivity index (χ1v) is 9.04. The summed E-state index contributed by atoms with van der Waals surface area (Å²) in [6.07, 6.45) is 6.45. The minimum absolute atomic E-state index is 0.318. The fourth-order valence-corrected chi connectivity index (χ4v) is 3.48. The van der Waals surface area contributed by atoms with Crippen LogP contribution in [0.25, 0.3) is 0 Å². The Balaban J connectivity index is 1.34. The molecule has 1 aliphatic heterocycles. The molecule has 0 radical (unpaired) electrons. The molecule has 0 N–H and O–H groups in total. The molecule has 0 fully saturated rings. The van der Waals surface area contributed by atoms with E-state index >= 15 is 0 Å². The number of rotatable bonds is 7. The molecule has 3 aromatic rings. The van der Waals surface area contributed by atoms with Crippen molar-refractivity contribution < 1.29 is 9.15 Å².